The van der Waals surface area contributed by atoms with Crippen molar-refractivity contribution >= 4 is 0 Å². The maximum atomic E-state index is 13.4. The topological polar surface area (TPSA) is 0 Å². The van der Waals surface area contributed by atoms with Gasteiger partial charge in [-0.25, -0.2) is 8.78 Å². The van der Waals surface area contributed by atoms with Crippen molar-refractivity contribution in [2.45, 2.75) is 51.4 Å². The first-order chi connectivity index (χ1) is 7.64. The number of benzene rings is 1. The molecule has 0 nitrogen and oxygen atoms in total. The molecule has 0 saturated heterocycles. The maximum Gasteiger partial charge on any atom is 0.248 e. The molecule has 2 heteroatoms. The average Bonchev–Trinajstić information content (AvgIpc) is 2.28. The molecule has 0 spiro atoms. The Balaban J connectivity index is 2.30. The van der Waals surface area contributed by atoms with E-state index >= 15 is 0 Å². The second-order valence-electron chi connectivity index (χ2n) is 4.30. The van der Waals surface area contributed by atoms with Gasteiger partial charge >= 0.3 is 0 Å². The van der Waals surface area contributed by atoms with Crippen LogP contribution in [0.2, 0.25) is 0 Å². The zero-order chi connectivity index (χ0) is 11.9. The minimum atomic E-state index is -2.50. The molecular weight excluding hydrogens is 206 g/mol. The van der Waals surface area contributed by atoms with Crippen LogP contribution in [0.4, 0.5) is 8.78 Å². The van der Waals surface area contributed by atoms with E-state index in [2.05, 4.69) is 0 Å². The van der Waals surface area contributed by atoms with Gasteiger partial charge in [0.25, 0.3) is 0 Å². The molecule has 0 aromatic heterocycles. The maximum absolute atomic E-state index is 13.4. The molecule has 1 aromatic carbocycles. The molecule has 0 heterocycles. The van der Waals surface area contributed by atoms with E-state index in [1.807, 2.05) is 37.3 Å². The normalized spacial score (nSPS) is 11.7. The highest BCUT2D eigenvalue weighted by atomic mass is 19.3. The van der Waals surface area contributed by atoms with E-state index in [1.54, 1.807) is 0 Å². The standard InChI is InChI=1S/C14H20F2/c1-2-3-7-11-14(15,16)12-10-13-8-5-4-6-9-13/h4-6,8-9H,2-3,7,10-12H2,1H3. The highest BCUT2D eigenvalue weighted by Gasteiger charge is 2.27. The van der Waals surface area contributed by atoms with Crippen LogP contribution in [0.25, 0.3) is 0 Å². The minimum Gasteiger partial charge on any atom is -0.207 e. The Kier molecular flexibility index (Phi) is 5.44. The number of unbranched alkanes of at least 4 members (excludes halogenated alkanes) is 2. The van der Waals surface area contributed by atoms with Crippen molar-refractivity contribution in [1.29, 1.82) is 0 Å². The Morgan fingerprint density at radius 3 is 2.31 bits per heavy atom. The summed E-state index contributed by atoms with van der Waals surface area (Å²) in [7, 11) is 0. The monoisotopic (exact) mass is 226 g/mol. The molecule has 0 saturated carbocycles. The van der Waals surface area contributed by atoms with E-state index < -0.39 is 5.92 Å². The molecule has 0 radical (unpaired) electrons. The zero-order valence-electron chi connectivity index (χ0n) is 9.89. The number of halogens is 2. The first kappa shape index (κ1) is 13.1. The Morgan fingerprint density at radius 2 is 1.69 bits per heavy atom. The summed E-state index contributed by atoms with van der Waals surface area (Å²) in [4.78, 5) is 0. The van der Waals surface area contributed by atoms with Gasteiger partial charge in [-0.1, -0.05) is 50.1 Å². The third-order valence-corrected chi connectivity index (χ3v) is 2.77. The molecule has 0 aliphatic rings. The molecule has 1 aromatic rings. The van der Waals surface area contributed by atoms with Crippen LogP contribution < -0.4 is 0 Å². The molecule has 0 aliphatic heterocycles. The summed E-state index contributed by atoms with van der Waals surface area (Å²) in [5.74, 6) is -2.50. The van der Waals surface area contributed by atoms with E-state index in [1.165, 1.54) is 0 Å². The smallest absolute Gasteiger partial charge is 0.207 e. The number of hydrogen-bond acceptors (Lipinski definition) is 0. The molecule has 0 N–H and O–H groups in total. The van der Waals surface area contributed by atoms with Crippen LogP contribution in [0.15, 0.2) is 30.3 Å². The Hall–Kier alpha value is -0.920. The third kappa shape index (κ3) is 5.24. The number of alkyl halides is 2. The fourth-order valence-corrected chi connectivity index (χ4v) is 1.73. The Labute approximate surface area is 96.7 Å². The van der Waals surface area contributed by atoms with Gasteiger partial charge in [0.1, 0.15) is 0 Å². The fraction of sp³-hybridized carbons (Fsp3) is 0.571. The zero-order valence-corrected chi connectivity index (χ0v) is 9.89. The van der Waals surface area contributed by atoms with E-state index in [0.29, 0.717) is 12.8 Å². The van der Waals surface area contributed by atoms with Crippen molar-refractivity contribution in [3.8, 4) is 0 Å². The average molecular weight is 226 g/mol. The molecule has 0 amide bonds. The summed E-state index contributed by atoms with van der Waals surface area (Å²) < 4.78 is 26.9. The van der Waals surface area contributed by atoms with Crippen molar-refractivity contribution in [2.24, 2.45) is 0 Å². The van der Waals surface area contributed by atoms with Crippen LogP contribution in [-0.2, 0) is 6.42 Å². The lowest BCUT2D eigenvalue weighted by Gasteiger charge is -2.15. The fourth-order valence-electron chi connectivity index (χ4n) is 1.73. The lowest BCUT2D eigenvalue weighted by atomic mass is 10.0. The second-order valence-corrected chi connectivity index (χ2v) is 4.30. The highest BCUT2D eigenvalue weighted by molar-refractivity contribution is 5.14. The molecule has 0 bridgehead atoms. The van der Waals surface area contributed by atoms with Gasteiger partial charge in [-0.05, 0) is 18.4 Å². The van der Waals surface area contributed by atoms with Crippen LogP contribution in [0.5, 0.6) is 0 Å². The minimum absolute atomic E-state index is 0.0271. The van der Waals surface area contributed by atoms with Crippen LogP contribution in [0, 0.1) is 0 Å². The van der Waals surface area contributed by atoms with Crippen molar-refractivity contribution in [3.63, 3.8) is 0 Å². The molecule has 0 fully saturated rings. The van der Waals surface area contributed by atoms with Gasteiger partial charge in [0, 0.05) is 12.8 Å². The number of hydrogen-bond donors (Lipinski definition) is 0. The predicted molar refractivity (Wildman–Crippen MR) is 63.9 cm³/mol. The van der Waals surface area contributed by atoms with Gasteiger partial charge in [0.15, 0.2) is 0 Å². The number of rotatable bonds is 7. The summed E-state index contributed by atoms with van der Waals surface area (Å²) in [6.07, 6.45) is 3.02. The van der Waals surface area contributed by atoms with Gasteiger partial charge in [-0.2, -0.15) is 0 Å². The van der Waals surface area contributed by atoms with Crippen molar-refractivity contribution < 1.29 is 8.78 Å². The second kappa shape index (κ2) is 6.62. The lowest BCUT2D eigenvalue weighted by molar-refractivity contribution is -0.0180. The van der Waals surface area contributed by atoms with Crippen molar-refractivity contribution in [2.75, 3.05) is 0 Å². The number of aryl methyl sites for hydroxylation is 1. The summed E-state index contributed by atoms with van der Waals surface area (Å²) >= 11 is 0. The SMILES string of the molecule is CCCCCC(F)(F)CCc1ccccc1. The van der Waals surface area contributed by atoms with E-state index in [0.717, 1.165) is 18.4 Å². The molecular formula is C14H20F2. The molecule has 1 rings (SSSR count). The van der Waals surface area contributed by atoms with Gasteiger partial charge in [-0.3, -0.25) is 0 Å². The van der Waals surface area contributed by atoms with E-state index in [9.17, 15) is 8.78 Å². The van der Waals surface area contributed by atoms with E-state index in [-0.39, 0.29) is 12.8 Å². The van der Waals surface area contributed by atoms with Crippen LogP contribution in [0.3, 0.4) is 0 Å². The molecule has 16 heavy (non-hydrogen) atoms. The summed E-state index contributed by atoms with van der Waals surface area (Å²) in [6.45, 7) is 2.03. The van der Waals surface area contributed by atoms with Crippen LogP contribution in [-0.4, -0.2) is 5.92 Å². The van der Waals surface area contributed by atoms with Gasteiger partial charge in [-0.15, -0.1) is 0 Å². The van der Waals surface area contributed by atoms with Gasteiger partial charge in [0.2, 0.25) is 5.92 Å². The van der Waals surface area contributed by atoms with Gasteiger partial charge in [0.05, 0.1) is 0 Å². The highest BCUT2D eigenvalue weighted by Crippen LogP contribution is 2.27. The van der Waals surface area contributed by atoms with E-state index in [4.69, 9.17) is 0 Å². The summed E-state index contributed by atoms with van der Waals surface area (Å²) in [5.41, 5.74) is 0.998. The Bertz CT molecular complexity index is 280. The summed E-state index contributed by atoms with van der Waals surface area (Å²) in [5, 5.41) is 0. The molecule has 90 valence electrons. The van der Waals surface area contributed by atoms with Crippen LogP contribution >= 0.6 is 0 Å². The van der Waals surface area contributed by atoms with Crippen molar-refractivity contribution in [1.82, 2.24) is 0 Å². The summed E-state index contributed by atoms with van der Waals surface area (Å²) in [6, 6.07) is 9.50. The third-order valence-electron chi connectivity index (χ3n) is 2.77. The van der Waals surface area contributed by atoms with Crippen LogP contribution in [0.1, 0.15) is 44.6 Å². The first-order valence-electron chi connectivity index (χ1n) is 6.06. The predicted octanol–water partition coefficient (Wildman–Crippen LogP) is 4.83. The quantitative estimate of drug-likeness (QED) is 0.584. The molecule has 0 atom stereocenters. The first-order valence-corrected chi connectivity index (χ1v) is 6.06. The van der Waals surface area contributed by atoms with Gasteiger partial charge < -0.3 is 0 Å². The largest absolute Gasteiger partial charge is 0.248 e. The molecule has 0 aliphatic carbocycles. The Morgan fingerprint density at radius 1 is 1.00 bits per heavy atom. The lowest BCUT2D eigenvalue weighted by Crippen LogP contribution is -2.16. The van der Waals surface area contributed by atoms with Crippen molar-refractivity contribution in [3.05, 3.63) is 35.9 Å². The molecule has 0 unspecified atom stereocenters.